The van der Waals surface area contributed by atoms with Crippen molar-refractivity contribution in [2.75, 3.05) is 0 Å². The summed E-state index contributed by atoms with van der Waals surface area (Å²) >= 11 is 6.23. The van der Waals surface area contributed by atoms with Crippen LogP contribution in [0.25, 0.3) is 21.9 Å². The maximum absolute atomic E-state index is 13.0. The molecule has 0 saturated carbocycles. The molecule has 0 saturated heterocycles. The molecule has 0 aromatic heterocycles. The predicted molar refractivity (Wildman–Crippen MR) is 156 cm³/mol. The van der Waals surface area contributed by atoms with E-state index in [-0.39, 0.29) is 5.78 Å². The number of carbonyl (C=O) groups is 1. The van der Waals surface area contributed by atoms with E-state index in [0.29, 0.717) is 5.02 Å². The number of ketones is 1. The number of ether oxygens (including phenoxy) is 1. The van der Waals surface area contributed by atoms with Gasteiger partial charge in [0.05, 0.1) is 5.60 Å². The third-order valence-corrected chi connectivity index (χ3v) is 6.66. The Hall–Kier alpha value is -3.42. The lowest BCUT2D eigenvalue weighted by molar-refractivity contribution is -0.138. The summed E-state index contributed by atoms with van der Waals surface area (Å²) in [7, 11) is 0. The van der Waals surface area contributed by atoms with Gasteiger partial charge in [0.2, 0.25) is 0 Å². The molecule has 194 valence electrons. The first-order valence-corrected chi connectivity index (χ1v) is 13.1. The van der Waals surface area contributed by atoms with Crippen molar-refractivity contribution in [2.24, 2.45) is 0 Å². The molecule has 0 heterocycles. The molecule has 38 heavy (non-hydrogen) atoms. The zero-order chi connectivity index (χ0) is 27.7. The van der Waals surface area contributed by atoms with Crippen molar-refractivity contribution >= 4 is 28.2 Å². The van der Waals surface area contributed by atoms with Crippen LogP contribution in [0.2, 0.25) is 5.02 Å². The van der Waals surface area contributed by atoms with Crippen LogP contribution in [0.3, 0.4) is 0 Å². The van der Waals surface area contributed by atoms with Gasteiger partial charge in [-0.25, -0.2) is 0 Å². The number of aliphatic hydroxyl groups is 1. The fourth-order valence-electron chi connectivity index (χ4n) is 4.62. The first-order chi connectivity index (χ1) is 17.9. The Balaban J connectivity index is 1.96. The Bertz CT molecular complexity index is 1530. The summed E-state index contributed by atoms with van der Waals surface area (Å²) < 4.78 is 6.34. The van der Waals surface area contributed by atoms with Gasteiger partial charge in [-0.05, 0) is 104 Å². The normalized spacial score (nSPS) is 13.9. The number of fused-ring (bicyclic) bond motifs is 1. The number of benzene rings is 4. The van der Waals surface area contributed by atoms with E-state index in [1.807, 2.05) is 100 Å². The van der Waals surface area contributed by atoms with Gasteiger partial charge in [0, 0.05) is 10.6 Å². The monoisotopic (exact) mass is 524 g/mol. The van der Waals surface area contributed by atoms with Gasteiger partial charge in [-0.2, -0.15) is 0 Å². The topological polar surface area (TPSA) is 46.5 Å². The minimum atomic E-state index is -1.30. The van der Waals surface area contributed by atoms with Crippen molar-refractivity contribution in [3.8, 4) is 23.0 Å². The van der Waals surface area contributed by atoms with Crippen LogP contribution < -0.4 is 0 Å². The number of carbonyl (C=O) groups excluding carboxylic acids is 1. The molecule has 0 fully saturated rings. The quantitative estimate of drug-likeness (QED) is 0.268. The molecule has 0 aliphatic carbocycles. The van der Waals surface area contributed by atoms with E-state index >= 15 is 0 Å². The highest BCUT2D eigenvalue weighted by molar-refractivity contribution is 6.30. The van der Waals surface area contributed by atoms with Crippen molar-refractivity contribution in [3.05, 3.63) is 106 Å². The molecular weight excluding hydrogens is 492 g/mol. The second-order valence-corrected chi connectivity index (χ2v) is 11.3. The molecule has 0 aliphatic rings. The molecule has 0 bridgehead atoms. The highest BCUT2D eigenvalue weighted by Crippen LogP contribution is 2.41. The summed E-state index contributed by atoms with van der Waals surface area (Å²) in [5.41, 5.74) is 3.33. The molecule has 0 amide bonds. The smallest absolute Gasteiger partial charge is 0.163 e. The molecule has 2 atom stereocenters. The zero-order valence-corrected chi connectivity index (χ0v) is 23.5. The van der Waals surface area contributed by atoms with Crippen LogP contribution in [0.15, 0.2) is 78.9 Å². The summed E-state index contributed by atoms with van der Waals surface area (Å²) in [6.07, 6.45) is -0.737. The summed E-state index contributed by atoms with van der Waals surface area (Å²) in [5, 5.41) is 13.6. The maximum Gasteiger partial charge on any atom is 0.163 e. The Morgan fingerprint density at radius 3 is 2.21 bits per heavy atom. The fourth-order valence-corrected chi connectivity index (χ4v) is 4.75. The van der Waals surface area contributed by atoms with Crippen molar-refractivity contribution in [1.82, 2.24) is 0 Å². The third-order valence-electron chi connectivity index (χ3n) is 6.41. The van der Waals surface area contributed by atoms with E-state index < -0.39 is 17.3 Å². The molecule has 0 spiro atoms. The maximum atomic E-state index is 13.0. The van der Waals surface area contributed by atoms with Gasteiger partial charge in [-0.1, -0.05) is 78.0 Å². The van der Waals surface area contributed by atoms with Crippen LogP contribution in [-0.4, -0.2) is 16.5 Å². The fraction of sp³-hybridized carbons (Fsp3) is 0.265. The molecule has 0 radical (unpaired) electrons. The van der Waals surface area contributed by atoms with Crippen molar-refractivity contribution in [2.45, 2.75) is 58.8 Å². The minimum Gasteiger partial charge on any atom is -0.374 e. The molecule has 1 unspecified atom stereocenters. The summed E-state index contributed by atoms with van der Waals surface area (Å²) in [6.45, 7) is 11.1. The Morgan fingerprint density at radius 2 is 1.61 bits per heavy atom. The number of aryl methyl sites for hydroxylation is 1. The molecular formula is C34H33ClO3. The predicted octanol–water partition coefficient (Wildman–Crippen LogP) is 8.17. The molecule has 3 nitrogen and oxygen atoms in total. The van der Waals surface area contributed by atoms with E-state index in [0.717, 1.165) is 44.2 Å². The Labute approximate surface area is 230 Å². The van der Waals surface area contributed by atoms with Crippen LogP contribution in [-0.2, 0) is 15.1 Å². The molecule has 4 heteroatoms. The zero-order valence-electron chi connectivity index (χ0n) is 22.7. The first-order valence-electron chi connectivity index (χ1n) is 12.7. The SMILES string of the molecule is CC(=O)C(OC(C)(C)C)c1c(C)cc2ccc(C#C[C@@](C)(O)c3ccccc3)cc2c1-c1ccc(Cl)cc1. The number of rotatable bonds is 5. The van der Waals surface area contributed by atoms with Gasteiger partial charge in [-0.3, -0.25) is 4.79 Å². The van der Waals surface area contributed by atoms with Gasteiger partial charge in [0.15, 0.2) is 5.78 Å². The van der Waals surface area contributed by atoms with Crippen LogP contribution in [0.5, 0.6) is 0 Å². The van der Waals surface area contributed by atoms with E-state index in [9.17, 15) is 9.90 Å². The van der Waals surface area contributed by atoms with Gasteiger partial charge < -0.3 is 9.84 Å². The number of Topliss-reactive ketones (excluding diaryl/α,β-unsaturated/α-hetero) is 1. The Morgan fingerprint density at radius 1 is 0.947 bits per heavy atom. The average Bonchev–Trinajstić information content (AvgIpc) is 2.86. The van der Waals surface area contributed by atoms with Crippen molar-refractivity contribution < 1.29 is 14.6 Å². The number of hydrogen-bond acceptors (Lipinski definition) is 3. The van der Waals surface area contributed by atoms with Crippen LogP contribution in [0, 0.1) is 18.8 Å². The van der Waals surface area contributed by atoms with E-state index in [1.54, 1.807) is 13.8 Å². The lowest BCUT2D eigenvalue weighted by Crippen LogP contribution is -2.27. The summed E-state index contributed by atoms with van der Waals surface area (Å²) in [5.74, 6) is 6.14. The van der Waals surface area contributed by atoms with Crippen molar-refractivity contribution in [3.63, 3.8) is 0 Å². The Kier molecular flexibility index (Phi) is 7.81. The highest BCUT2D eigenvalue weighted by Gasteiger charge is 2.29. The van der Waals surface area contributed by atoms with Gasteiger partial charge in [0.1, 0.15) is 11.7 Å². The second kappa shape index (κ2) is 10.8. The van der Waals surface area contributed by atoms with Crippen LogP contribution in [0.1, 0.15) is 63.0 Å². The standard InChI is InChI=1S/C34H33ClO3/c1-22-20-26-13-12-24(18-19-34(6,37)27-10-8-7-9-11-27)21-29(26)31(25-14-16-28(35)17-15-25)30(22)32(23(2)36)38-33(3,4)5/h7-17,20-21,32,37H,1-6H3/t32?,34-/m1/s1. The van der Waals surface area contributed by atoms with E-state index in [2.05, 4.69) is 17.9 Å². The van der Waals surface area contributed by atoms with Gasteiger partial charge in [0.25, 0.3) is 0 Å². The lowest BCUT2D eigenvalue weighted by Gasteiger charge is -2.29. The number of halogens is 1. The molecule has 4 aromatic rings. The molecule has 4 rings (SSSR count). The van der Waals surface area contributed by atoms with Crippen LogP contribution in [0.4, 0.5) is 0 Å². The third kappa shape index (κ3) is 6.17. The molecule has 4 aromatic carbocycles. The van der Waals surface area contributed by atoms with Gasteiger partial charge in [-0.15, -0.1) is 0 Å². The largest absolute Gasteiger partial charge is 0.374 e. The van der Waals surface area contributed by atoms with Gasteiger partial charge >= 0.3 is 0 Å². The first kappa shape index (κ1) is 27.6. The van der Waals surface area contributed by atoms with Crippen molar-refractivity contribution in [1.29, 1.82) is 0 Å². The van der Waals surface area contributed by atoms with Crippen LogP contribution >= 0.6 is 11.6 Å². The van der Waals surface area contributed by atoms with E-state index in [4.69, 9.17) is 16.3 Å². The summed E-state index contributed by atoms with van der Waals surface area (Å²) in [6, 6.07) is 25.1. The minimum absolute atomic E-state index is 0.0626. The van der Waals surface area contributed by atoms with E-state index in [1.165, 1.54) is 0 Å². The average molecular weight is 525 g/mol. The number of hydrogen-bond donors (Lipinski definition) is 1. The lowest BCUT2D eigenvalue weighted by atomic mass is 9.85. The highest BCUT2D eigenvalue weighted by atomic mass is 35.5. The summed E-state index contributed by atoms with van der Waals surface area (Å²) in [4.78, 5) is 13.0. The second-order valence-electron chi connectivity index (χ2n) is 10.8. The molecule has 1 N–H and O–H groups in total. The molecule has 0 aliphatic heterocycles.